The van der Waals surface area contributed by atoms with E-state index in [0.29, 0.717) is 6.07 Å². The van der Waals surface area contributed by atoms with E-state index in [2.05, 4.69) is 0 Å². The lowest BCUT2D eigenvalue weighted by molar-refractivity contribution is -0.384. The minimum absolute atomic E-state index is 0.481. The Labute approximate surface area is 92.7 Å². The van der Waals surface area contributed by atoms with Crippen LogP contribution >= 0.6 is 23.2 Å². The lowest BCUT2D eigenvalue weighted by Crippen LogP contribution is -2.13. The zero-order valence-corrected chi connectivity index (χ0v) is 8.47. The second-order valence-electron chi connectivity index (χ2n) is 2.50. The molecule has 0 aliphatic rings. The van der Waals surface area contributed by atoms with Crippen LogP contribution in [-0.2, 0) is 0 Å². The first-order chi connectivity index (χ1) is 6.86. The molecule has 0 aromatic heterocycles. The fourth-order valence-electron chi connectivity index (χ4n) is 0.930. The number of carbonyl (C=O) groups is 1. The maximum atomic E-state index is 13.0. The molecule has 2 N–H and O–H groups in total. The SMILES string of the molecule is NC(=O)c1cc(F)c(Cl)c([N+](=O)[O-])c1Cl. The number of halogens is 3. The second-order valence-corrected chi connectivity index (χ2v) is 3.26. The molecule has 0 bridgehead atoms. The summed E-state index contributed by atoms with van der Waals surface area (Å²) in [6.45, 7) is 0. The monoisotopic (exact) mass is 252 g/mol. The Morgan fingerprint density at radius 3 is 2.40 bits per heavy atom. The van der Waals surface area contributed by atoms with Crippen LogP contribution in [-0.4, -0.2) is 10.8 Å². The molecule has 1 amide bonds. The van der Waals surface area contributed by atoms with Gasteiger partial charge in [0.15, 0.2) is 5.02 Å². The molecule has 0 aliphatic carbocycles. The summed E-state index contributed by atoms with van der Waals surface area (Å²) in [5, 5.41) is 9.16. The number of nitro benzene ring substituents is 1. The van der Waals surface area contributed by atoms with Gasteiger partial charge in [0.25, 0.3) is 5.91 Å². The van der Waals surface area contributed by atoms with Gasteiger partial charge in [0.1, 0.15) is 10.8 Å². The minimum atomic E-state index is -1.12. The third kappa shape index (κ3) is 2.00. The highest BCUT2D eigenvalue weighted by atomic mass is 35.5. The van der Waals surface area contributed by atoms with E-state index in [-0.39, 0.29) is 0 Å². The largest absolute Gasteiger partial charge is 0.366 e. The van der Waals surface area contributed by atoms with Crippen LogP contribution in [0.3, 0.4) is 0 Å². The van der Waals surface area contributed by atoms with Crippen LogP contribution < -0.4 is 5.73 Å². The molecule has 0 aliphatic heterocycles. The number of benzene rings is 1. The van der Waals surface area contributed by atoms with Crippen molar-refractivity contribution in [1.29, 1.82) is 0 Å². The first-order valence-electron chi connectivity index (χ1n) is 3.48. The molecule has 0 unspecified atom stereocenters. The molecule has 0 saturated carbocycles. The lowest BCUT2D eigenvalue weighted by atomic mass is 10.2. The summed E-state index contributed by atoms with van der Waals surface area (Å²) >= 11 is 10.8. The third-order valence-corrected chi connectivity index (χ3v) is 2.32. The molecule has 0 saturated heterocycles. The van der Waals surface area contributed by atoms with Crippen LogP contribution in [0.15, 0.2) is 6.07 Å². The average molecular weight is 253 g/mol. The van der Waals surface area contributed by atoms with Gasteiger partial charge in [-0.25, -0.2) is 4.39 Å². The fourth-order valence-corrected chi connectivity index (χ4v) is 1.51. The van der Waals surface area contributed by atoms with Gasteiger partial charge in [-0.15, -0.1) is 0 Å². The Bertz CT molecular complexity index is 464. The zero-order chi connectivity index (χ0) is 11.7. The van der Waals surface area contributed by atoms with Crippen LogP contribution in [0, 0.1) is 15.9 Å². The van der Waals surface area contributed by atoms with Crippen LogP contribution in [0.5, 0.6) is 0 Å². The van der Waals surface area contributed by atoms with E-state index >= 15 is 0 Å². The zero-order valence-electron chi connectivity index (χ0n) is 6.96. The summed E-state index contributed by atoms with van der Waals surface area (Å²) in [5.74, 6) is -2.19. The van der Waals surface area contributed by atoms with E-state index in [1.54, 1.807) is 0 Å². The number of amides is 1. The molecular weight excluding hydrogens is 250 g/mol. The van der Waals surface area contributed by atoms with Crippen molar-refractivity contribution in [3.8, 4) is 0 Å². The van der Waals surface area contributed by atoms with Gasteiger partial charge in [-0.05, 0) is 6.07 Å². The van der Waals surface area contributed by atoms with Gasteiger partial charge in [-0.2, -0.15) is 0 Å². The number of carbonyl (C=O) groups excluding carboxylic acids is 1. The summed E-state index contributed by atoms with van der Waals surface area (Å²) in [4.78, 5) is 20.3. The van der Waals surface area contributed by atoms with Gasteiger partial charge < -0.3 is 5.73 Å². The van der Waals surface area contributed by atoms with Gasteiger partial charge in [0, 0.05) is 0 Å². The van der Waals surface area contributed by atoms with Crippen molar-refractivity contribution in [1.82, 2.24) is 0 Å². The summed E-state index contributed by atoms with van der Waals surface area (Å²) in [7, 11) is 0. The highest BCUT2D eigenvalue weighted by molar-refractivity contribution is 6.40. The fraction of sp³-hybridized carbons (Fsp3) is 0. The standard InChI is InChI=1S/C7H3Cl2FN2O3/c8-4-2(7(11)13)1-3(10)5(9)6(4)12(14)15/h1H,(H2,11,13). The van der Waals surface area contributed by atoms with E-state index in [0.717, 1.165) is 0 Å². The van der Waals surface area contributed by atoms with Crippen LogP contribution in [0.2, 0.25) is 10.0 Å². The predicted molar refractivity (Wildman–Crippen MR) is 51.6 cm³/mol. The first-order valence-corrected chi connectivity index (χ1v) is 4.23. The molecule has 1 aromatic rings. The summed E-state index contributed by atoms with van der Waals surface area (Å²) in [5.41, 5.74) is 3.50. The van der Waals surface area contributed by atoms with Crippen LogP contribution in [0.25, 0.3) is 0 Å². The number of nitrogens with zero attached hydrogens (tertiary/aromatic N) is 1. The topological polar surface area (TPSA) is 86.2 Å². The van der Waals surface area contributed by atoms with Gasteiger partial charge >= 0.3 is 5.69 Å². The van der Waals surface area contributed by atoms with Gasteiger partial charge in [-0.3, -0.25) is 14.9 Å². The van der Waals surface area contributed by atoms with E-state index in [4.69, 9.17) is 28.9 Å². The van der Waals surface area contributed by atoms with Crippen molar-refractivity contribution in [3.63, 3.8) is 0 Å². The predicted octanol–water partition coefficient (Wildman–Crippen LogP) is 2.14. The number of nitrogens with two attached hydrogens (primary N) is 1. The minimum Gasteiger partial charge on any atom is -0.366 e. The van der Waals surface area contributed by atoms with Gasteiger partial charge in [0.05, 0.1) is 10.5 Å². The number of hydrogen-bond acceptors (Lipinski definition) is 3. The van der Waals surface area contributed by atoms with E-state index in [9.17, 15) is 19.3 Å². The van der Waals surface area contributed by atoms with Crippen molar-refractivity contribution < 1.29 is 14.1 Å². The molecule has 80 valence electrons. The molecule has 1 rings (SSSR count). The Morgan fingerprint density at radius 1 is 1.47 bits per heavy atom. The van der Waals surface area contributed by atoms with E-state index in [1.165, 1.54) is 0 Å². The van der Waals surface area contributed by atoms with Gasteiger partial charge in [0.2, 0.25) is 0 Å². The Hall–Kier alpha value is -1.40. The third-order valence-electron chi connectivity index (χ3n) is 1.58. The number of hydrogen-bond donors (Lipinski definition) is 1. The lowest BCUT2D eigenvalue weighted by Gasteiger charge is -2.03. The number of nitro groups is 1. The molecule has 8 heteroatoms. The summed E-state index contributed by atoms with van der Waals surface area (Å²) in [6.07, 6.45) is 0. The van der Waals surface area contributed by atoms with Crippen molar-refractivity contribution in [2.24, 2.45) is 5.73 Å². The smallest absolute Gasteiger partial charge is 0.310 e. The normalized spacial score (nSPS) is 10.1. The molecule has 0 radical (unpaired) electrons. The highest BCUT2D eigenvalue weighted by Gasteiger charge is 2.26. The quantitative estimate of drug-likeness (QED) is 0.497. The number of primary amides is 1. The Morgan fingerprint density at radius 2 is 2.00 bits per heavy atom. The molecule has 0 heterocycles. The molecule has 0 fully saturated rings. The van der Waals surface area contributed by atoms with Crippen LogP contribution in [0.1, 0.15) is 10.4 Å². The molecule has 0 atom stereocenters. The second kappa shape index (κ2) is 4.00. The van der Waals surface area contributed by atoms with Gasteiger partial charge in [-0.1, -0.05) is 23.2 Å². The Kier molecular flexibility index (Phi) is 3.11. The molecule has 5 nitrogen and oxygen atoms in total. The van der Waals surface area contributed by atoms with Crippen molar-refractivity contribution >= 4 is 34.8 Å². The molecule has 1 aromatic carbocycles. The molecular formula is C7H3Cl2FN2O3. The molecule has 0 spiro atoms. The summed E-state index contributed by atoms with van der Waals surface area (Å²) in [6, 6.07) is 0.653. The first kappa shape index (κ1) is 11.7. The Balaban J connectivity index is 3.63. The maximum Gasteiger partial charge on any atom is 0.310 e. The maximum absolute atomic E-state index is 13.0. The van der Waals surface area contributed by atoms with Crippen LogP contribution in [0.4, 0.5) is 10.1 Å². The number of rotatable bonds is 2. The summed E-state index contributed by atoms with van der Waals surface area (Å²) < 4.78 is 13.0. The average Bonchev–Trinajstić information content (AvgIpc) is 2.10. The van der Waals surface area contributed by atoms with Crippen molar-refractivity contribution in [2.45, 2.75) is 0 Å². The molecule has 15 heavy (non-hydrogen) atoms. The van der Waals surface area contributed by atoms with E-state index < -0.39 is 37.9 Å². The van der Waals surface area contributed by atoms with E-state index in [1.807, 2.05) is 0 Å². The van der Waals surface area contributed by atoms with Crippen molar-refractivity contribution in [2.75, 3.05) is 0 Å². The highest BCUT2D eigenvalue weighted by Crippen LogP contribution is 2.36. The van der Waals surface area contributed by atoms with Crippen molar-refractivity contribution in [3.05, 3.63) is 37.6 Å².